The summed E-state index contributed by atoms with van der Waals surface area (Å²) < 4.78 is 5.17. The van der Waals surface area contributed by atoms with E-state index >= 15 is 0 Å². The SMILES string of the molecule is CCC(COC)NC1=NCC(C2CC2)S1. The predicted octanol–water partition coefficient (Wildman–Crippen LogP) is 1.88. The van der Waals surface area contributed by atoms with Gasteiger partial charge < -0.3 is 10.1 Å². The van der Waals surface area contributed by atoms with Gasteiger partial charge in [-0.2, -0.15) is 0 Å². The third kappa shape index (κ3) is 3.11. The van der Waals surface area contributed by atoms with Crippen molar-refractivity contribution in [3.8, 4) is 0 Å². The molecule has 1 aliphatic carbocycles. The molecular weight excluding hydrogens is 208 g/mol. The fourth-order valence-corrected chi connectivity index (χ4v) is 3.11. The van der Waals surface area contributed by atoms with Crippen LogP contribution < -0.4 is 5.32 Å². The Labute approximate surface area is 96.1 Å². The van der Waals surface area contributed by atoms with Gasteiger partial charge in [-0.05, 0) is 25.2 Å². The molecule has 0 aromatic carbocycles. The van der Waals surface area contributed by atoms with E-state index in [9.17, 15) is 0 Å². The Morgan fingerprint density at radius 1 is 1.60 bits per heavy atom. The lowest BCUT2D eigenvalue weighted by Crippen LogP contribution is -2.35. The van der Waals surface area contributed by atoms with Crippen molar-refractivity contribution in [2.45, 2.75) is 37.5 Å². The summed E-state index contributed by atoms with van der Waals surface area (Å²) >= 11 is 1.93. The maximum absolute atomic E-state index is 5.17. The van der Waals surface area contributed by atoms with Gasteiger partial charge in [0.15, 0.2) is 5.17 Å². The molecule has 1 heterocycles. The number of nitrogens with one attached hydrogen (secondary N) is 1. The Hall–Kier alpha value is -0.220. The molecule has 0 aromatic heterocycles. The summed E-state index contributed by atoms with van der Waals surface area (Å²) in [5, 5.41) is 5.36. The molecule has 15 heavy (non-hydrogen) atoms. The Morgan fingerprint density at radius 3 is 3.00 bits per heavy atom. The highest BCUT2D eigenvalue weighted by atomic mass is 32.2. The second-order valence-electron chi connectivity index (χ2n) is 4.34. The number of aliphatic imine (C=N–C) groups is 1. The highest BCUT2D eigenvalue weighted by molar-refractivity contribution is 8.14. The molecule has 0 amide bonds. The molecule has 0 aromatic rings. The Balaban J connectivity index is 1.74. The molecule has 1 saturated carbocycles. The number of amidine groups is 1. The van der Waals surface area contributed by atoms with Crippen LogP contribution in [-0.2, 0) is 4.74 Å². The lowest BCUT2D eigenvalue weighted by Gasteiger charge is -2.16. The van der Waals surface area contributed by atoms with Gasteiger partial charge in [0.2, 0.25) is 0 Å². The van der Waals surface area contributed by atoms with Gasteiger partial charge in [-0.3, -0.25) is 4.99 Å². The maximum Gasteiger partial charge on any atom is 0.157 e. The van der Waals surface area contributed by atoms with Crippen molar-refractivity contribution >= 4 is 16.9 Å². The van der Waals surface area contributed by atoms with Gasteiger partial charge in [0.25, 0.3) is 0 Å². The van der Waals surface area contributed by atoms with Crippen LogP contribution in [0, 0.1) is 5.92 Å². The summed E-state index contributed by atoms with van der Waals surface area (Å²) in [7, 11) is 1.75. The Morgan fingerprint density at radius 2 is 2.40 bits per heavy atom. The van der Waals surface area contributed by atoms with Gasteiger partial charge in [0.05, 0.1) is 19.2 Å². The van der Waals surface area contributed by atoms with Gasteiger partial charge in [-0.1, -0.05) is 18.7 Å². The van der Waals surface area contributed by atoms with E-state index in [0.29, 0.717) is 6.04 Å². The minimum atomic E-state index is 0.416. The van der Waals surface area contributed by atoms with E-state index in [-0.39, 0.29) is 0 Å². The summed E-state index contributed by atoms with van der Waals surface area (Å²) in [6.45, 7) is 3.96. The number of rotatable bonds is 5. The quantitative estimate of drug-likeness (QED) is 0.780. The molecule has 2 unspecified atom stereocenters. The van der Waals surface area contributed by atoms with Crippen LogP contribution in [0.5, 0.6) is 0 Å². The molecule has 0 saturated heterocycles. The first-order chi connectivity index (χ1) is 7.33. The average Bonchev–Trinajstić information content (AvgIpc) is 2.99. The van der Waals surface area contributed by atoms with Crippen LogP contribution in [0.4, 0.5) is 0 Å². The molecule has 2 aliphatic rings. The first kappa shape index (κ1) is 11.3. The van der Waals surface area contributed by atoms with E-state index in [1.165, 1.54) is 12.8 Å². The lowest BCUT2D eigenvalue weighted by molar-refractivity contribution is 0.172. The van der Waals surface area contributed by atoms with Crippen LogP contribution in [0.25, 0.3) is 0 Å². The number of thioether (sulfide) groups is 1. The highest BCUT2D eigenvalue weighted by Gasteiger charge is 2.35. The van der Waals surface area contributed by atoms with Crippen molar-refractivity contribution in [1.29, 1.82) is 0 Å². The molecule has 86 valence electrons. The third-order valence-electron chi connectivity index (χ3n) is 3.01. The molecule has 1 aliphatic heterocycles. The van der Waals surface area contributed by atoms with Crippen molar-refractivity contribution in [1.82, 2.24) is 5.32 Å². The van der Waals surface area contributed by atoms with Crippen molar-refractivity contribution in [2.24, 2.45) is 10.9 Å². The van der Waals surface area contributed by atoms with Crippen LogP contribution in [-0.4, -0.2) is 36.7 Å². The van der Waals surface area contributed by atoms with Crippen LogP contribution in [0.3, 0.4) is 0 Å². The van der Waals surface area contributed by atoms with E-state index in [1.54, 1.807) is 7.11 Å². The molecule has 1 N–H and O–H groups in total. The van der Waals surface area contributed by atoms with Gasteiger partial charge >= 0.3 is 0 Å². The minimum absolute atomic E-state index is 0.416. The summed E-state index contributed by atoms with van der Waals surface area (Å²) in [4.78, 5) is 4.56. The number of nitrogens with zero attached hydrogens (tertiary/aromatic N) is 1. The zero-order valence-electron chi connectivity index (χ0n) is 9.53. The fourth-order valence-electron chi connectivity index (χ4n) is 1.82. The number of hydrogen-bond donors (Lipinski definition) is 1. The van der Waals surface area contributed by atoms with Crippen molar-refractivity contribution in [3.63, 3.8) is 0 Å². The van der Waals surface area contributed by atoms with Gasteiger partial charge in [-0.25, -0.2) is 0 Å². The summed E-state index contributed by atoms with van der Waals surface area (Å²) in [6, 6.07) is 0.416. The smallest absolute Gasteiger partial charge is 0.157 e. The normalized spacial score (nSPS) is 27.6. The zero-order chi connectivity index (χ0) is 10.7. The van der Waals surface area contributed by atoms with Gasteiger partial charge in [-0.15, -0.1) is 0 Å². The molecule has 0 radical (unpaired) electrons. The summed E-state index contributed by atoms with van der Waals surface area (Å²) in [6.07, 6.45) is 3.91. The summed E-state index contributed by atoms with van der Waals surface area (Å²) in [5.41, 5.74) is 0. The number of methoxy groups -OCH3 is 1. The van der Waals surface area contributed by atoms with E-state index < -0.39 is 0 Å². The highest BCUT2D eigenvalue weighted by Crippen LogP contribution is 2.41. The predicted molar refractivity (Wildman–Crippen MR) is 65.5 cm³/mol. The van der Waals surface area contributed by atoms with Crippen molar-refractivity contribution < 1.29 is 4.74 Å². The minimum Gasteiger partial charge on any atom is -0.383 e. The Kier molecular flexibility index (Phi) is 3.92. The van der Waals surface area contributed by atoms with Crippen LogP contribution in [0.15, 0.2) is 4.99 Å². The van der Waals surface area contributed by atoms with Gasteiger partial charge in [0, 0.05) is 12.4 Å². The topological polar surface area (TPSA) is 33.6 Å². The van der Waals surface area contributed by atoms with E-state index in [0.717, 1.165) is 35.9 Å². The number of hydrogen-bond acceptors (Lipinski definition) is 4. The van der Waals surface area contributed by atoms with E-state index in [1.807, 2.05) is 11.8 Å². The maximum atomic E-state index is 5.17. The van der Waals surface area contributed by atoms with Crippen molar-refractivity contribution in [3.05, 3.63) is 0 Å². The largest absolute Gasteiger partial charge is 0.383 e. The van der Waals surface area contributed by atoms with E-state index in [2.05, 4.69) is 17.2 Å². The lowest BCUT2D eigenvalue weighted by atomic mass is 10.2. The first-order valence-corrected chi connectivity index (χ1v) is 6.68. The average molecular weight is 228 g/mol. The molecule has 2 rings (SSSR count). The Bertz CT molecular complexity index is 241. The molecule has 2 atom stereocenters. The second-order valence-corrected chi connectivity index (χ2v) is 5.57. The van der Waals surface area contributed by atoms with Crippen molar-refractivity contribution in [2.75, 3.05) is 20.3 Å². The van der Waals surface area contributed by atoms with Crippen LogP contribution >= 0.6 is 11.8 Å². The monoisotopic (exact) mass is 228 g/mol. The summed E-state index contributed by atoms with van der Waals surface area (Å²) in [5.74, 6) is 0.945. The molecule has 4 heteroatoms. The third-order valence-corrected chi connectivity index (χ3v) is 4.32. The molecule has 3 nitrogen and oxygen atoms in total. The molecular formula is C11H20N2OS. The first-order valence-electron chi connectivity index (χ1n) is 5.80. The second kappa shape index (κ2) is 5.21. The van der Waals surface area contributed by atoms with E-state index in [4.69, 9.17) is 4.74 Å². The number of ether oxygens (including phenoxy) is 1. The fraction of sp³-hybridized carbons (Fsp3) is 0.909. The molecule has 1 fully saturated rings. The van der Waals surface area contributed by atoms with Gasteiger partial charge in [0.1, 0.15) is 0 Å². The van der Waals surface area contributed by atoms with Crippen LogP contribution in [0.2, 0.25) is 0 Å². The molecule has 0 bridgehead atoms. The standard InChI is InChI=1S/C11H20N2OS/c1-3-9(7-14-2)13-11-12-6-10(15-11)8-4-5-8/h8-10H,3-7H2,1-2H3,(H,12,13). The molecule has 0 spiro atoms. The van der Waals surface area contributed by atoms with Crippen LogP contribution in [0.1, 0.15) is 26.2 Å². The zero-order valence-corrected chi connectivity index (χ0v) is 10.3.